The van der Waals surface area contributed by atoms with E-state index in [1.54, 1.807) is 6.07 Å². The average Bonchev–Trinajstić information content (AvgIpc) is 2.30. The van der Waals surface area contributed by atoms with Crippen molar-refractivity contribution in [3.8, 4) is 0 Å². The van der Waals surface area contributed by atoms with Crippen LogP contribution in [0.1, 0.15) is 19.3 Å². The number of piperidine rings is 1. The van der Waals surface area contributed by atoms with Gasteiger partial charge in [0, 0.05) is 19.3 Å². The Labute approximate surface area is 95.3 Å². The molecule has 2 N–H and O–H groups in total. The van der Waals surface area contributed by atoms with Crippen molar-refractivity contribution < 1.29 is 8.42 Å². The van der Waals surface area contributed by atoms with Gasteiger partial charge < -0.3 is 5.73 Å². The molecule has 5 nitrogen and oxygen atoms in total. The molecule has 1 aromatic heterocycles. The van der Waals surface area contributed by atoms with E-state index in [0.29, 0.717) is 13.1 Å². The lowest BCUT2D eigenvalue weighted by Gasteiger charge is -2.26. The van der Waals surface area contributed by atoms with Crippen molar-refractivity contribution in [2.75, 3.05) is 18.8 Å². The van der Waals surface area contributed by atoms with E-state index in [1.807, 2.05) is 0 Å². The van der Waals surface area contributed by atoms with Crippen molar-refractivity contribution in [1.82, 2.24) is 9.29 Å². The van der Waals surface area contributed by atoms with Gasteiger partial charge in [0.25, 0.3) is 0 Å². The molecule has 0 bridgehead atoms. The highest BCUT2D eigenvalue weighted by Crippen LogP contribution is 2.23. The van der Waals surface area contributed by atoms with Gasteiger partial charge in [-0.05, 0) is 25.0 Å². The lowest BCUT2D eigenvalue weighted by molar-refractivity contribution is 0.347. The van der Waals surface area contributed by atoms with Crippen LogP contribution in [-0.4, -0.2) is 30.8 Å². The summed E-state index contributed by atoms with van der Waals surface area (Å²) in [4.78, 5) is 3.93. The first-order chi connectivity index (χ1) is 7.62. The van der Waals surface area contributed by atoms with E-state index in [2.05, 4.69) is 4.98 Å². The average molecular weight is 241 g/mol. The van der Waals surface area contributed by atoms with Crippen molar-refractivity contribution in [2.24, 2.45) is 0 Å². The van der Waals surface area contributed by atoms with Gasteiger partial charge in [-0.2, -0.15) is 4.31 Å². The van der Waals surface area contributed by atoms with E-state index in [1.165, 1.54) is 16.6 Å². The van der Waals surface area contributed by atoms with Crippen LogP contribution >= 0.6 is 0 Å². The predicted octanol–water partition coefficient (Wildman–Crippen LogP) is 0.838. The summed E-state index contributed by atoms with van der Waals surface area (Å²) in [5, 5.41) is 0. The number of hydrogen-bond donors (Lipinski definition) is 1. The molecule has 2 rings (SSSR count). The molecule has 0 radical (unpaired) electrons. The van der Waals surface area contributed by atoms with Crippen LogP contribution < -0.4 is 5.73 Å². The van der Waals surface area contributed by atoms with E-state index >= 15 is 0 Å². The molecule has 1 aliphatic heterocycles. The quantitative estimate of drug-likeness (QED) is 0.832. The Morgan fingerprint density at radius 3 is 2.56 bits per heavy atom. The fraction of sp³-hybridized carbons (Fsp3) is 0.500. The van der Waals surface area contributed by atoms with Crippen LogP contribution in [0.15, 0.2) is 23.2 Å². The largest absolute Gasteiger partial charge is 0.383 e. The third kappa shape index (κ3) is 2.03. The molecule has 1 aromatic rings. The second-order valence-electron chi connectivity index (χ2n) is 3.85. The van der Waals surface area contributed by atoms with Gasteiger partial charge in [-0.3, -0.25) is 0 Å². The maximum Gasteiger partial charge on any atom is 0.246 e. The highest BCUT2D eigenvalue weighted by atomic mass is 32.2. The van der Waals surface area contributed by atoms with Gasteiger partial charge in [0.05, 0.1) is 0 Å². The summed E-state index contributed by atoms with van der Waals surface area (Å²) in [7, 11) is -3.45. The van der Waals surface area contributed by atoms with Gasteiger partial charge in [0.2, 0.25) is 10.0 Å². The minimum atomic E-state index is -3.45. The maximum absolute atomic E-state index is 12.2. The standard InChI is InChI=1S/C10H15N3O2S/c11-10-9(5-4-6-12-10)16(14,15)13-7-2-1-3-8-13/h4-6H,1-3,7-8H2,(H2,11,12). The van der Waals surface area contributed by atoms with Gasteiger partial charge in [-0.15, -0.1) is 0 Å². The summed E-state index contributed by atoms with van der Waals surface area (Å²) in [5.74, 6) is 0.0769. The van der Waals surface area contributed by atoms with E-state index in [-0.39, 0.29) is 10.7 Å². The second-order valence-corrected chi connectivity index (χ2v) is 5.76. The summed E-state index contributed by atoms with van der Waals surface area (Å²) in [6.45, 7) is 1.16. The van der Waals surface area contributed by atoms with Crippen molar-refractivity contribution in [1.29, 1.82) is 0 Å². The van der Waals surface area contributed by atoms with E-state index in [0.717, 1.165) is 19.3 Å². The number of nitrogen functional groups attached to an aromatic ring is 1. The number of pyridine rings is 1. The van der Waals surface area contributed by atoms with Crippen LogP contribution in [0.5, 0.6) is 0 Å². The first-order valence-electron chi connectivity index (χ1n) is 5.33. The van der Waals surface area contributed by atoms with Crippen molar-refractivity contribution >= 4 is 15.8 Å². The van der Waals surface area contributed by atoms with Crippen LogP contribution in [0.25, 0.3) is 0 Å². The van der Waals surface area contributed by atoms with Gasteiger partial charge in [0.1, 0.15) is 10.7 Å². The molecule has 1 aliphatic rings. The number of sulfonamides is 1. The Kier molecular flexibility index (Phi) is 3.11. The normalized spacial score (nSPS) is 18.5. The zero-order valence-corrected chi connectivity index (χ0v) is 9.78. The number of nitrogens with zero attached hydrogens (tertiary/aromatic N) is 2. The van der Waals surface area contributed by atoms with Gasteiger partial charge in [-0.25, -0.2) is 13.4 Å². The van der Waals surface area contributed by atoms with E-state index in [9.17, 15) is 8.42 Å². The van der Waals surface area contributed by atoms with Gasteiger partial charge in [-0.1, -0.05) is 6.42 Å². The summed E-state index contributed by atoms with van der Waals surface area (Å²) < 4.78 is 25.9. The topological polar surface area (TPSA) is 76.3 Å². The van der Waals surface area contributed by atoms with Crippen LogP contribution in [0, 0.1) is 0 Å². The Morgan fingerprint density at radius 2 is 1.94 bits per heavy atom. The first-order valence-corrected chi connectivity index (χ1v) is 6.77. The molecule has 16 heavy (non-hydrogen) atoms. The fourth-order valence-electron chi connectivity index (χ4n) is 1.87. The SMILES string of the molecule is Nc1ncccc1S(=O)(=O)N1CCCCC1. The smallest absolute Gasteiger partial charge is 0.246 e. The maximum atomic E-state index is 12.2. The monoisotopic (exact) mass is 241 g/mol. The molecule has 0 saturated carbocycles. The molecule has 1 fully saturated rings. The highest BCUT2D eigenvalue weighted by molar-refractivity contribution is 7.89. The number of hydrogen-bond acceptors (Lipinski definition) is 4. The highest BCUT2D eigenvalue weighted by Gasteiger charge is 2.27. The van der Waals surface area contributed by atoms with Crippen molar-refractivity contribution in [3.63, 3.8) is 0 Å². The molecule has 0 amide bonds. The van der Waals surface area contributed by atoms with Crippen molar-refractivity contribution in [2.45, 2.75) is 24.2 Å². The number of aromatic nitrogens is 1. The minimum Gasteiger partial charge on any atom is -0.383 e. The minimum absolute atomic E-state index is 0.0769. The third-order valence-electron chi connectivity index (χ3n) is 2.73. The Bertz CT molecular complexity index is 467. The van der Waals surface area contributed by atoms with E-state index < -0.39 is 10.0 Å². The lowest BCUT2D eigenvalue weighted by Crippen LogP contribution is -2.36. The van der Waals surface area contributed by atoms with Gasteiger partial charge >= 0.3 is 0 Å². The van der Waals surface area contributed by atoms with Crippen LogP contribution in [0.4, 0.5) is 5.82 Å². The molecule has 1 saturated heterocycles. The molecule has 0 aliphatic carbocycles. The zero-order valence-electron chi connectivity index (χ0n) is 8.96. The first kappa shape index (κ1) is 11.3. The fourth-order valence-corrected chi connectivity index (χ4v) is 3.45. The molecule has 2 heterocycles. The molecular weight excluding hydrogens is 226 g/mol. The number of nitrogens with two attached hydrogens (primary N) is 1. The number of rotatable bonds is 2. The molecule has 6 heteroatoms. The van der Waals surface area contributed by atoms with Crippen LogP contribution in [0.2, 0.25) is 0 Å². The van der Waals surface area contributed by atoms with Gasteiger partial charge in [0.15, 0.2) is 0 Å². The van der Waals surface area contributed by atoms with Crippen LogP contribution in [-0.2, 0) is 10.0 Å². The molecule has 0 unspecified atom stereocenters. The summed E-state index contributed by atoms with van der Waals surface area (Å²) in [6.07, 6.45) is 4.41. The van der Waals surface area contributed by atoms with Crippen LogP contribution in [0.3, 0.4) is 0 Å². The molecule has 0 atom stereocenters. The summed E-state index contributed by atoms with van der Waals surface area (Å²) in [5.41, 5.74) is 5.60. The Hall–Kier alpha value is -1.14. The molecule has 88 valence electrons. The third-order valence-corrected chi connectivity index (χ3v) is 4.68. The molecule has 0 spiro atoms. The molecule has 0 aromatic carbocycles. The molecular formula is C10H15N3O2S. The zero-order chi connectivity index (χ0) is 11.6. The lowest BCUT2D eigenvalue weighted by atomic mass is 10.2. The number of anilines is 1. The second kappa shape index (κ2) is 4.39. The summed E-state index contributed by atoms with van der Waals surface area (Å²) in [6, 6.07) is 3.10. The Balaban J connectivity index is 2.35. The van der Waals surface area contributed by atoms with E-state index in [4.69, 9.17) is 5.73 Å². The Morgan fingerprint density at radius 1 is 1.25 bits per heavy atom. The van der Waals surface area contributed by atoms with Crippen molar-refractivity contribution in [3.05, 3.63) is 18.3 Å². The predicted molar refractivity (Wildman–Crippen MR) is 61.3 cm³/mol. The summed E-state index contributed by atoms with van der Waals surface area (Å²) >= 11 is 0.